The Bertz CT molecular complexity index is 2260. The third-order valence-electron chi connectivity index (χ3n) is 8.51. The Hall–Kier alpha value is -5.18. The van der Waals surface area contributed by atoms with E-state index in [-0.39, 0.29) is 0 Å². The number of benzene rings is 7. The zero-order chi connectivity index (χ0) is 29.5. The summed E-state index contributed by atoms with van der Waals surface area (Å²) in [5, 5.41) is 2.52. The minimum Gasteiger partial charge on any atom is -0.309 e. The maximum absolute atomic E-state index is 3.70. The number of halogens is 1. The Morgan fingerprint density at radius 2 is 0.864 bits per heavy atom. The van der Waals surface area contributed by atoms with E-state index in [2.05, 4.69) is 184 Å². The summed E-state index contributed by atoms with van der Waals surface area (Å²) in [4.78, 5) is 0. The number of fused-ring (bicyclic) bond motifs is 3. The van der Waals surface area contributed by atoms with E-state index in [1.165, 1.54) is 66.3 Å². The van der Waals surface area contributed by atoms with Crippen molar-refractivity contribution < 1.29 is 0 Å². The first-order chi connectivity index (χ1) is 21.7. The van der Waals surface area contributed by atoms with Gasteiger partial charge in [0.05, 0.1) is 11.0 Å². The van der Waals surface area contributed by atoms with Gasteiger partial charge in [-0.2, -0.15) is 0 Å². The van der Waals surface area contributed by atoms with Crippen LogP contribution in [0.25, 0.3) is 72.0 Å². The molecule has 1 nitrogen and oxygen atoms in total. The van der Waals surface area contributed by atoms with Crippen molar-refractivity contribution in [1.82, 2.24) is 4.57 Å². The van der Waals surface area contributed by atoms with E-state index in [4.69, 9.17) is 0 Å². The van der Waals surface area contributed by atoms with Crippen molar-refractivity contribution in [2.24, 2.45) is 0 Å². The fourth-order valence-electron chi connectivity index (χ4n) is 6.28. The predicted molar refractivity (Wildman–Crippen MR) is 190 cm³/mol. The van der Waals surface area contributed by atoms with Crippen LogP contribution in [0, 0.1) is 0 Å². The summed E-state index contributed by atoms with van der Waals surface area (Å²) < 4.78 is 3.50. The molecule has 0 aliphatic carbocycles. The summed E-state index contributed by atoms with van der Waals surface area (Å²) in [5.74, 6) is 0. The molecule has 8 aromatic rings. The standard InChI is InChI=1S/C42H28BrN/c43-40-15-6-4-13-37(40)32-19-17-30(18-20-32)35-23-26-39-38-14-5-7-16-41(38)44(42(39)28-35)36-24-21-31(22-25-36)34-12-8-11-33(27-34)29-9-2-1-3-10-29/h1-28H. The molecule has 0 unspecified atom stereocenters. The van der Waals surface area contributed by atoms with Crippen molar-refractivity contribution in [3.05, 3.63) is 174 Å². The molecular weight excluding hydrogens is 598 g/mol. The number of para-hydroxylation sites is 1. The number of hydrogen-bond acceptors (Lipinski definition) is 0. The van der Waals surface area contributed by atoms with Gasteiger partial charge in [0, 0.05) is 20.9 Å². The van der Waals surface area contributed by atoms with E-state index < -0.39 is 0 Å². The number of aromatic nitrogens is 1. The average molecular weight is 627 g/mol. The molecule has 8 rings (SSSR count). The Balaban J connectivity index is 1.19. The molecular formula is C42H28BrN. The summed E-state index contributed by atoms with van der Waals surface area (Å²) in [6.45, 7) is 0. The van der Waals surface area contributed by atoms with Crippen molar-refractivity contribution in [2.45, 2.75) is 0 Å². The van der Waals surface area contributed by atoms with Gasteiger partial charge in [0.1, 0.15) is 0 Å². The lowest BCUT2D eigenvalue weighted by Crippen LogP contribution is -1.94. The first-order valence-corrected chi connectivity index (χ1v) is 15.7. The molecule has 7 aromatic carbocycles. The minimum atomic E-state index is 1.11. The van der Waals surface area contributed by atoms with Crippen LogP contribution in [-0.2, 0) is 0 Å². The Labute approximate surface area is 265 Å². The second-order valence-electron chi connectivity index (χ2n) is 11.1. The molecule has 0 aliphatic heterocycles. The van der Waals surface area contributed by atoms with Crippen LogP contribution in [0.2, 0.25) is 0 Å². The highest BCUT2D eigenvalue weighted by Gasteiger charge is 2.14. The second kappa shape index (κ2) is 11.1. The zero-order valence-electron chi connectivity index (χ0n) is 24.0. The van der Waals surface area contributed by atoms with Gasteiger partial charge >= 0.3 is 0 Å². The predicted octanol–water partition coefficient (Wildman–Crippen LogP) is 12.2. The van der Waals surface area contributed by atoms with E-state index in [1.54, 1.807) is 0 Å². The van der Waals surface area contributed by atoms with Crippen molar-refractivity contribution in [3.63, 3.8) is 0 Å². The number of hydrogen-bond donors (Lipinski definition) is 0. The van der Waals surface area contributed by atoms with Gasteiger partial charge < -0.3 is 4.57 Å². The lowest BCUT2D eigenvalue weighted by Gasteiger charge is -2.11. The highest BCUT2D eigenvalue weighted by atomic mass is 79.9. The molecule has 0 amide bonds. The summed E-state index contributed by atoms with van der Waals surface area (Å²) in [6, 6.07) is 61.1. The molecule has 0 saturated heterocycles. The Kier molecular flexibility index (Phi) is 6.70. The lowest BCUT2D eigenvalue weighted by atomic mass is 9.99. The zero-order valence-corrected chi connectivity index (χ0v) is 25.6. The van der Waals surface area contributed by atoms with Crippen LogP contribution in [0.1, 0.15) is 0 Å². The largest absolute Gasteiger partial charge is 0.309 e. The fraction of sp³-hybridized carbons (Fsp3) is 0. The maximum atomic E-state index is 3.70. The van der Waals surface area contributed by atoms with Gasteiger partial charge in [0.15, 0.2) is 0 Å². The van der Waals surface area contributed by atoms with Crippen molar-refractivity contribution >= 4 is 37.7 Å². The summed E-state index contributed by atoms with van der Waals surface area (Å²) >= 11 is 3.70. The first-order valence-electron chi connectivity index (χ1n) is 14.9. The Morgan fingerprint density at radius 1 is 0.341 bits per heavy atom. The molecule has 208 valence electrons. The van der Waals surface area contributed by atoms with Gasteiger partial charge in [-0.25, -0.2) is 0 Å². The van der Waals surface area contributed by atoms with Crippen LogP contribution in [0.5, 0.6) is 0 Å². The van der Waals surface area contributed by atoms with Crippen LogP contribution < -0.4 is 0 Å². The smallest absolute Gasteiger partial charge is 0.0547 e. The van der Waals surface area contributed by atoms with Gasteiger partial charge in [-0.3, -0.25) is 0 Å². The van der Waals surface area contributed by atoms with E-state index in [0.29, 0.717) is 0 Å². The normalized spacial score (nSPS) is 11.3. The molecule has 0 N–H and O–H groups in total. The van der Waals surface area contributed by atoms with Gasteiger partial charge in [0.2, 0.25) is 0 Å². The highest BCUT2D eigenvalue weighted by Crippen LogP contribution is 2.36. The molecule has 0 bridgehead atoms. The molecule has 0 aliphatic rings. The second-order valence-corrected chi connectivity index (χ2v) is 12.0. The van der Waals surface area contributed by atoms with Crippen molar-refractivity contribution in [3.8, 4) is 50.2 Å². The summed E-state index contributed by atoms with van der Waals surface area (Å²) in [6.07, 6.45) is 0. The highest BCUT2D eigenvalue weighted by molar-refractivity contribution is 9.10. The molecule has 44 heavy (non-hydrogen) atoms. The molecule has 2 heteroatoms. The van der Waals surface area contributed by atoms with Crippen LogP contribution >= 0.6 is 15.9 Å². The average Bonchev–Trinajstić information content (AvgIpc) is 3.43. The van der Waals surface area contributed by atoms with Crippen LogP contribution in [-0.4, -0.2) is 4.57 Å². The molecule has 0 spiro atoms. The van der Waals surface area contributed by atoms with Gasteiger partial charge in [-0.05, 0) is 80.9 Å². The lowest BCUT2D eigenvalue weighted by molar-refractivity contribution is 1.18. The number of rotatable bonds is 5. The van der Waals surface area contributed by atoms with Gasteiger partial charge in [-0.1, -0.05) is 149 Å². The van der Waals surface area contributed by atoms with E-state index in [0.717, 1.165) is 10.2 Å². The first kappa shape index (κ1) is 26.4. The van der Waals surface area contributed by atoms with Crippen LogP contribution in [0.4, 0.5) is 0 Å². The van der Waals surface area contributed by atoms with Crippen LogP contribution in [0.3, 0.4) is 0 Å². The van der Waals surface area contributed by atoms with Gasteiger partial charge in [0.25, 0.3) is 0 Å². The molecule has 1 aromatic heterocycles. The molecule has 0 fully saturated rings. The third-order valence-corrected chi connectivity index (χ3v) is 9.20. The molecule has 1 heterocycles. The van der Waals surface area contributed by atoms with Crippen LogP contribution in [0.15, 0.2) is 174 Å². The van der Waals surface area contributed by atoms with Gasteiger partial charge in [-0.15, -0.1) is 0 Å². The summed E-state index contributed by atoms with van der Waals surface area (Å²) in [5.41, 5.74) is 13.3. The molecule has 0 radical (unpaired) electrons. The molecule has 0 saturated carbocycles. The maximum Gasteiger partial charge on any atom is 0.0547 e. The van der Waals surface area contributed by atoms with E-state index >= 15 is 0 Å². The third kappa shape index (κ3) is 4.74. The monoisotopic (exact) mass is 625 g/mol. The SMILES string of the molecule is Brc1ccccc1-c1ccc(-c2ccc3c4ccccc4n(-c4ccc(-c5cccc(-c6ccccc6)c5)cc4)c3c2)cc1. The van der Waals surface area contributed by atoms with Crippen molar-refractivity contribution in [1.29, 1.82) is 0 Å². The van der Waals surface area contributed by atoms with Crippen molar-refractivity contribution in [2.75, 3.05) is 0 Å². The topological polar surface area (TPSA) is 4.93 Å². The summed E-state index contributed by atoms with van der Waals surface area (Å²) in [7, 11) is 0. The van der Waals surface area contributed by atoms with E-state index in [1.807, 2.05) is 6.07 Å². The number of nitrogens with zero attached hydrogens (tertiary/aromatic N) is 1. The molecule has 0 atom stereocenters. The fourth-order valence-corrected chi connectivity index (χ4v) is 6.79. The quantitative estimate of drug-likeness (QED) is 0.179. The van der Waals surface area contributed by atoms with E-state index in [9.17, 15) is 0 Å². The minimum absolute atomic E-state index is 1.11. The Morgan fingerprint density at radius 3 is 1.61 bits per heavy atom.